The van der Waals surface area contributed by atoms with Gasteiger partial charge in [-0.2, -0.15) is 0 Å². The summed E-state index contributed by atoms with van der Waals surface area (Å²) in [6.45, 7) is 2.04. The van der Waals surface area contributed by atoms with E-state index in [1.807, 2.05) is 25.1 Å². The SMILES string of the molecule is Cc1ccoc1CSc1ccnc(N)c1. The number of nitrogens with zero attached hydrogens (tertiary/aromatic N) is 1. The summed E-state index contributed by atoms with van der Waals surface area (Å²) in [5.74, 6) is 2.38. The van der Waals surface area contributed by atoms with Gasteiger partial charge in [-0.3, -0.25) is 0 Å². The van der Waals surface area contributed by atoms with Crippen LogP contribution in [-0.2, 0) is 5.75 Å². The van der Waals surface area contributed by atoms with Gasteiger partial charge < -0.3 is 10.2 Å². The molecule has 0 aliphatic rings. The minimum absolute atomic E-state index is 0.552. The molecule has 0 saturated heterocycles. The van der Waals surface area contributed by atoms with Gasteiger partial charge in [-0.1, -0.05) is 0 Å². The maximum absolute atomic E-state index is 5.59. The van der Waals surface area contributed by atoms with E-state index in [2.05, 4.69) is 4.98 Å². The fourth-order valence-electron chi connectivity index (χ4n) is 1.22. The van der Waals surface area contributed by atoms with E-state index >= 15 is 0 Å². The van der Waals surface area contributed by atoms with Crippen LogP contribution in [0.3, 0.4) is 0 Å². The van der Waals surface area contributed by atoms with E-state index in [9.17, 15) is 0 Å². The van der Waals surface area contributed by atoms with Crippen molar-refractivity contribution in [1.29, 1.82) is 0 Å². The van der Waals surface area contributed by atoms with Crippen molar-refractivity contribution in [2.45, 2.75) is 17.6 Å². The first-order chi connectivity index (χ1) is 7.25. The Balaban J connectivity index is 2.02. The van der Waals surface area contributed by atoms with Crippen molar-refractivity contribution < 1.29 is 4.42 Å². The highest BCUT2D eigenvalue weighted by Crippen LogP contribution is 2.25. The molecular formula is C11H12N2OS. The van der Waals surface area contributed by atoms with E-state index in [1.54, 1.807) is 24.2 Å². The Morgan fingerprint density at radius 2 is 2.33 bits per heavy atom. The zero-order chi connectivity index (χ0) is 10.7. The number of nitrogen functional groups attached to an aromatic ring is 1. The molecule has 3 nitrogen and oxygen atoms in total. The lowest BCUT2D eigenvalue weighted by atomic mass is 10.3. The summed E-state index contributed by atoms with van der Waals surface area (Å²) in [5, 5.41) is 0. The lowest BCUT2D eigenvalue weighted by Crippen LogP contribution is -1.88. The Hall–Kier alpha value is -1.42. The number of aromatic nitrogens is 1. The van der Waals surface area contributed by atoms with E-state index in [1.165, 1.54) is 5.56 Å². The Morgan fingerprint density at radius 3 is 3.00 bits per heavy atom. The first-order valence-electron chi connectivity index (χ1n) is 4.63. The second-order valence-electron chi connectivity index (χ2n) is 3.23. The minimum atomic E-state index is 0.552. The van der Waals surface area contributed by atoms with Crippen LogP contribution in [0, 0.1) is 6.92 Å². The molecule has 2 heterocycles. The van der Waals surface area contributed by atoms with Crippen LogP contribution in [0.25, 0.3) is 0 Å². The molecule has 2 aromatic heterocycles. The van der Waals surface area contributed by atoms with Gasteiger partial charge in [0.1, 0.15) is 11.6 Å². The van der Waals surface area contributed by atoms with Crippen molar-refractivity contribution in [3.8, 4) is 0 Å². The fraction of sp³-hybridized carbons (Fsp3) is 0.182. The summed E-state index contributed by atoms with van der Waals surface area (Å²) in [7, 11) is 0. The second-order valence-corrected chi connectivity index (χ2v) is 4.28. The van der Waals surface area contributed by atoms with Crippen LogP contribution in [0.15, 0.2) is 40.0 Å². The molecule has 0 fully saturated rings. The molecule has 0 saturated carbocycles. The summed E-state index contributed by atoms with van der Waals surface area (Å²) >= 11 is 1.69. The van der Waals surface area contributed by atoms with Crippen LogP contribution < -0.4 is 5.73 Å². The molecule has 0 atom stereocenters. The van der Waals surface area contributed by atoms with E-state index in [0.717, 1.165) is 16.4 Å². The number of furan rings is 1. The van der Waals surface area contributed by atoms with Crippen molar-refractivity contribution in [3.63, 3.8) is 0 Å². The number of hydrogen-bond donors (Lipinski definition) is 1. The van der Waals surface area contributed by atoms with Crippen molar-refractivity contribution in [3.05, 3.63) is 42.0 Å². The summed E-state index contributed by atoms with van der Waals surface area (Å²) in [4.78, 5) is 5.05. The number of thioether (sulfide) groups is 1. The van der Waals surface area contributed by atoms with Gasteiger partial charge in [0.2, 0.25) is 0 Å². The Bertz CT molecular complexity index is 453. The zero-order valence-electron chi connectivity index (χ0n) is 8.43. The van der Waals surface area contributed by atoms with E-state index in [4.69, 9.17) is 10.2 Å². The molecule has 4 heteroatoms. The molecular weight excluding hydrogens is 208 g/mol. The van der Waals surface area contributed by atoms with Crippen LogP contribution >= 0.6 is 11.8 Å². The molecule has 0 amide bonds. The molecule has 78 valence electrons. The minimum Gasteiger partial charge on any atom is -0.468 e. The van der Waals surface area contributed by atoms with Gasteiger partial charge in [0.05, 0.1) is 12.0 Å². The van der Waals surface area contributed by atoms with Gasteiger partial charge in [-0.15, -0.1) is 11.8 Å². The molecule has 2 N–H and O–H groups in total. The molecule has 2 aromatic rings. The highest BCUT2D eigenvalue weighted by atomic mass is 32.2. The number of rotatable bonds is 3. The first kappa shape index (κ1) is 10.1. The summed E-state index contributed by atoms with van der Waals surface area (Å²) in [5.41, 5.74) is 6.77. The van der Waals surface area contributed by atoms with E-state index in [0.29, 0.717) is 5.82 Å². The summed E-state index contributed by atoms with van der Waals surface area (Å²) in [6.07, 6.45) is 3.43. The van der Waals surface area contributed by atoms with Crippen molar-refractivity contribution in [2.24, 2.45) is 0 Å². The van der Waals surface area contributed by atoms with Crippen molar-refractivity contribution in [2.75, 3.05) is 5.73 Å². The number of aryl methyl sites for hydroxylation is 1. The smallest absolute Gasteiger partial charge is 0.124 e. The molecule has 0 aliphatic carbocycles. The van der Waals surface area contributed by atoms with Crippen LogP contribution in [0.1, 0.15) is 11.3 Å². The van der Waals surface area contributed by atoms with Crippen LogP contribution in [-0.4, -0.2) is 4.98 Å². The fourth-order valence-corrected chi connectivity index (χ4v) is 2.17. The van der Waals surface area contributed by atoms with E-state index < -0.39 is 0 Å². The highest BCUT2D eigenvalue weighted by molar-refractivity contribution is 7.98. The van der Waals surface area contributed by atoms with Crippen molar-refractivity contribution >= 4 is 17.6 Å². The molecule has 0 spiro atoms. The Kier molecular flexibility index (Phi) is 2.97. The van der Waals surface area contributed by atoms with Crippen LogP contribution in [0.4, 0.5) is 5.82 Å². The zero-order valence-corrected chi connectivity index (χ0v) is 9.25. The van der Waals surface area contributed by atoms with Gasteiger partial charge in [-0.25, -0.2) is 4.98 Å². The predicted molar refractivity (Wildman–Crippen MR) is 61.7 cm³/mol. The number of pyridine rings is 1. The summed E-state index contributed by atoms with van der Waals surface area (Å²) in [6, 6.07) is 5.78. The van der Waals surface area contributed by atoms with Gasteiger partial charge in [0, 0.05) is 11.1 Å². The van der Waals surface area contributed by atoms with Gasteiger partial charge in [0.15, 0.2) is 0 Å². The number of nitrogens with two attached hydrogens (primary N) is 1. The van der Waals surface area contributed by atoms with Gasteiger partial charge in [-0.05, 0) is 30.7 Å². The quantitative estimate of drug-likeness (QED) is 0.808. The topological polar surface area (TPSA) is 52.0 Å². The Labute approximate surface area is 92.7 Å². The van der Waals surface area contributed by atoms with E-state index in [-0.39, 0.29) is 0 Å². The average molecular weight is 220 g/mol. The third kappa shape index (κ3) is 2.53. The molecule has 15 heavy (non-hydrogen) atoms. The molecule has 0 bridgehead atoms. The standard InChI is InChI=1S/C11H12N2OS/c1-8-3-5-14-10(8)7-15-9-2-4-13-11(12)6-9/h2-6H,7H2,1H3,(H2,12,13). The third-order valence-electron chi connectivity index (χ3n) is 2.09. The molecule has 0 radical (unpaired) electrons. The largest absolute Gasteiger partial charge is 0.468 e. The summed E-state index contributed by atoms with van der Waals surface area (Å²) < 4.78 is 5.35. The highest BCUT2D eigenvalue weighted by Gasteiger charge is 2.03. The van der Waals surface area contributed by atoms with Crippen LogP contribution in [0.2, 0.25) is 0 Å². The van der Waals surface area contributed by atoms with Gasteiger partial charge >= 0.3 is 0 Å². The van der Waals surface area contributed by atoms with Crippen molar-refractivity contribution in [1.82, 2.24) is 4.98 Å². The first-order valence-corrected chi connectivity index (χ1v) is 5.61. The van der Waals surface area contributed by atoms with Crippen LogP contribution in [0.5, 0.6) is 0 Å². The Morgan fingerprint density at radius 1 is 1.47 bits per heavy atom. The molecule has 0 aromatic carbocycles. The number of hydrogen-bond acceptors (Lipinski definition) is 4. The monoisotopic (exact) mass is 220 g/mol. The number of anilines is 1. The lowest BCUT2D eigenvalue weighted by molar-refractivity contribution is 0.528. The maximum Gasteiger partial charge on any atom is 0.124 e. The van der Waals surface area contributed by atoms with Gasteiger partial charge in [0.25, 0.3) is 0 Å². The third-order valence-corrected chi connectivity index (χ3v) is 3.08. The average Bonchev–Trinajstić information content (AvgIpc) is 2.61. The molecule has 0 aliphatic heterocycles. The second kappa shape index (κ2) is 4.40. The lowest BCUT2D eigenvalue weighted by Gasteiger charge is -2.00. The predicted octanol–water partition coefficient (Wildman–Crippen LogP) is 2.86. The normalized spacial score (nSPS) is 10.5. The maximum atomic E-state index is 5.59. The molecule has 2 rings (SSSR count). The molecule has 0 unspecified atom stereocenters.